The molecule has 6 aromatic rings. The largest absolute Gasteiger partial charge is 0.292 e. The van der Waals surface area contributed by atoms with E-state index in [-0.39, 0.29) is 0 Å². The van der Waals surface area contributed by atoms with Crippen molar-refractivity contribution in [3.05, 3.63) is 84.4 Å². The van der Waals surface area contributed by atoms with E-state index in [1.54, 1.807) is 0 Å². The van der Waals surface area contributed by atoms with E-state index in [1.807, 2.05) is 0 Å². The lowest BCUT2D eigenvalue weighted by Gasteiger charge is -2.13. The number of imidazole rings is 1. The second-order valence-electron chi connectivity index (χ2n) is 8.42. The van der Waals surface area contributed by atoms with Crippen LogP contribution in [0.3, 0.4) is 0 Å². The third kappa shape index (κ3) is 2.39. The van der Waals surface area contributed by atoms with E-state index in [1.165, 1.54) is 43.5 Å². The van der Waals surface area contributed by atoms with Crippen LogP contribution in [0.5, 0.6) is 0 Å². The minimum atomic E-state index is 0.636. The van der Waals surface area contributed by atoms with Crippen LogP contribution in [0.4, 0.5) is 0 Å². The van der Waals surface area contributed by atoms with Gasteiger partial charge in [-0.05, 0) is 58.3 Å². The van der Waals surface area contributed by atoms with Gasteiger partial charge in [0.05, 0.1) is 16.6 Å². The van der Waals surface area contributed by atoms with Crippen LogP contribution >= 0.6 is 0 Å². The maximum Gasteiger partial charge on any atom is 0.147 e. The van der Waals surface area contributed by atoms with Crippen molar-refractivity contribution in [3.8, 4) is 0 Å². The summed E-state index contributed by atoms with van der Waals surface area (Å²) in [6, 6.07) is 28.6. The summed E-state index contributed by atoms with van der Waals surface area (Å²) in [5.74, 6) is 0.636. The SMILES string of the molecule is CC(C)Cc1ccc2c(c1)c1ccc3ccccc3c1c1nc3ccccc3n21. The molecule has 2 nitrogen and oxygen atoms in total. The van der Waals surface area contributed by atoms with Crippen LogP contribution < -0.4 is 0 Å². The standard InChI is InChI=1S/C27H22N2/c1-17(2)15-18-11-14-24-22(16-18)21-13-12-19-7-3-4-8-20(19)26(21)27-28-23-9-5-6-10-25(23)29(24)27/h3-14,16-17H,15H2,1-2H3. The van der Waals surface area contributed by atoms with Gasteiger partial charge < -0.3 is 0 Å². The summed E-state index contributed by atoms with van der Waals surface area (Å²) in [5, 5.41) is 6.35. The molecule has 0 amide bonds. The van der Waals surface area contributed by atoms with Crippen molar-refractivity contribution < 1.29 is 0 Å². The quantitative estimate of drug-likeness (QED) is 0.294. The molecule has 0 aliphatic rings. The molecule has 2 aromatic heterocycles. The van der Waals surface area contributed by atoms with Crippen LogP contribution in [0.15, 0.2) is 78.9 Å². The van der Waals surface area contributed by atoms with Gasteiger partial charge in [0.15, 0.2) is 0 Å². The smallest absolute Gasteiger partial charge is 0.147 e. The number of aromatic nitrogens is 2. The molecule has 0 unspecified atom stereocenters. The molecule has 0 aliphatic carbocycles. The first-order chi connectivity index (χ1) is 14.2. The van der Waals surface area contributed by atoms with Crippen LogP contribution in [0.2, 0.25) is 0 Å². The first-order valence-electron chi connectivity index (χ1n) is 10.3. The summed E-state index contributed by atoms with van der Waals surface area (Å²) in [7, 11) is 0. The molecule has 0 bridgehead atoms. The molecule has 0 N–H and O–H groups in total. The fraction of sp³-hybridized carbons (Fsp3) is 0.148. The Hall–Kier alpha value is -3.39. The van der Waals surface area contributed by atoms with Gasteiger partial charge in [0.25, 0.3) is 0 Å². The van der Waals surface area contributed by atoms with Crippen molar-refractivity contribution in [2.24, 2.45) is 5.92 Å². The van der Waals surface area contributed by atoms with Gasteiger partial charge in [0.2, 0.25) is 0 Å². The van der Waals surface area contributed by atoms with Crippen molar-refractivity contribution in [2.45, 2.75) is 20.3 Å². The Kier molecular flexibility index (Phi) is 3.45. The number of rotatable bonds is 2. The highest BCUT2D eigenvalue weighted by Crippen LogP contribution is 2.36. The van der Waals surface area contributed by atoms with E-state index in [0.717, 1.165) is 17.6 Å². The zero-order valence-electron chi connectivity index (χ0n) is 16.7. The minimum absolute atomic E-state index is 0.636. The Bertz CT molecular complexity index is 1550. The minimum Gasteiger partial charge on any atom is -0.292 e. The normalized spacial score (nSPS) is 12.2. The zero-order chi connectivity index (χ0) is 19.5. The monoisotopic (exact) mass is 374 g/mol. The number of para-hydroxylation sites is 2. The van der Waals surface area contributed by atoms with Crippen molar-refractivity contribution in [2.75, 3.05) is 0 Å². The molecule has 0 fully saturated rings. The second-order valence-corrected chi connectivity index (χ2v) is 8.42. The molecule has 0 saturated carbocycles. The highest BCUT2D eigenvalue weighted by molar-refractivity contribution is 6.23. The predicted octanol–water partition coefficient (Wildman–Crippen LogP) is 7.15. The van der Waals surface area contributed by atoms with Gasteiger partial charge in [-0.1, -0.05) is 68.4 Å². The molecule has 29 heavy (non-hydrogen) atoms. The van der Waals surface area contributed by atoms with Gasteiger partial charge in [0.1, 0.15) is 5.65 Å². The molecule has 6 rings (SSSR count). The summed E-state index contributed by atoms with van der Waals surface area (Å²) in [5.41, 5.74) is 5.87. The molecule has 0 radical (unpaired) electrons. The molecule has 140 valence electrons. The Morgan fingerprint density at radius 2 is 1.59 bits per heavy atom. The van der Waals surface area contributed by atoms with E-state index >= 15 is 0 Å². The van der Waals surface area contributed by atoms with Crippen LogP contribution in [0, 0.1) is 5.92 Å². The van der Waals surface area contributed by atoms with Crippen molar-refractivity contribution in [3.63, 3.8) is 0 Å². The first-order valence-corrected chi connectivity index (χ1v) is 10.3. The average Bonchev–Trinajstić information content (AvgIpc) is 3.12. The lowest BCUT2D eigenvalue weighted by atomic mass is 9.96. The maximum absolute atomic E-state index is 5.08. The van der Waals surface area contributed by atoms with Crippen LogP contribution in [0.25, 0.3) is 49.1 Å². The summed E-state index contributed by atoms with van der Waals surface area (Å²) in [4.78, 5) is 5.08. The van der Waals surface area contributed by atoms with E-state index in [0.29, 0.717) is 5.92 Å². The zero-order valence-corrected chi connectivity index (χ0v) is 16.7. The number of hydrogen-bond donors (Lipinski definition) is 0. The molecule has 2 heteroatoms. The first kappa shape index (κ1) is 16.6. The van der Waals surface area contributed by atoms with E-state index in [2.05, 4.69) is 97.1 Å². The van der Waals surface area contributed by atoms with Gasteiger partial charge in [0, 0.05) is 10.8 Å². The van der Waals surface area contributed by atoms with Crippen molar-refractivity contribution in [1.29, 1.82) is 0 Å². The Morgan fingerprint density at radius 1 is 0.759 bits per heavy atom. The summed E-state index contributed by atoms with van der Waals surface area (Å²) < 4.78 is 2.35. The molecule has 0 spiro atoms. The van der Waals surface area contributed by atoms with Crippen molar-refractivity contribution >= 4 is 49.1 Å². The number of pyridine rings is 1. The topological polar surface area (TPSA) is 17.3 Å². The highest BCUT2D eigenvalue weighted by atomic mass is 15.0. The fourth-order valence-electron chi connectivity index (χ4n) is 4.77. The molecule has 0 aliphatic heterocycles. The van der Waals surface area contributed by atoms with E-state index in [9.17, 15) is 0 Å². The fourth-order valence-corrected chi connectivity index (χ4v) is 4.77. The third-order valence-electron chi connectivity index (χ3n) is 5.95. The highest BCUT2D eigenvalue weighted by Gasteiger charge is 2.16. The number of benzene rings is 4. The maximum atomic E-state index is 5.08. The molecular weight excluding hydrogens is 352 g/mol. The summed E-state index contributed by atoms with van der Waals surface area (Å²) >= 11 is 0. The average molecular weight is 374 g/mol. The lowest BCUT2D eigenvalue weighted by Crippen LogP contribution is -1.97. The number of fused-ring (bicyclic) bond motifs is 10. The molecule has 0 atom stereocenters. The molecule has 0 saturated heterocycles. The van der Waals surface area contributed by atoms with Crippen LogP contribution in [-0.2, 0) is 6.42 Å². The lowest BCUT2D eigenvalue weighted by molar-refractivity contribution is 0.648. The van der Waals surface area contributed by atoms with Gasteiger partial charge in [-0.2, -0.15) is 0 Å². The Labute approximate surface area is 169 Å². The van der Waals surface area contributed by atoms with E-state index in [4.69, 9.17) is 4.98 Å². The number of nitrogens with zero attached hydrogens (tertiary/aromatic N) is 2. The Balaban J connectivity index is 1.91. The van der Waals surface area contributed by atoms with Crippen LogP contribution in [-0.4, -0.2) is 9.38 Å². The van der Waals surface area contributed by atoms with Gasteiger partial charge in [-0.25, -0.2) is 4.98 Å². The van der Waals surface area contributed by atoms with E-state index < -0.39 is 0 Å². The van der Waals surface area contributed by atoms with Gasteiger partial charge >= 0.3 is 0 Å². The van der Waals surface area contributed by atoms with Crippen LogP contribution in [0.1, 0.15) is 19.4 Å². The third-order valence-corrected chi connectivity index (χ3v) is 5.95. The Morgan fingerprint density at radius 3 is 2.48 bits per heavy atom. The van der Waals surface area contributed by atoms with Crippen molar-refractivity contribution in [1.82, 2.24) is 9.38 Å². The number of hydrogen-bond acceptors (Lipinski definition) is 1. The second kappa shape index (κ2) is 6.05. The van der Waals surface area contributed by atoms with Gasteiger partial charge in [-0.3, -0.25) is 4.40 Å². The van der Waals surface area contributed by atoms with Gasteiger partial charge in [-0.15, -0.1) is 0 Å². The molecular formula is C27H22N2. The molecule has 4 aromatic carbocycles. The predicted molar refractivity (Wildman–Crippen MR) is 124 cm³/mol. The summed E-state index contributed by atoms with van der Waals surface area (Å²) in [6.07, 6.45) is 1.09. The molecule has 2 heterocycles. The summed E-state index contributed by atoms with van der Waals surface area (Å²) in [6.45, 7) is 4.56.